The predicted octanol–water partition coefficient (Wildman–Crippen LogP) is 0.841. The van der Waals surface area contributed by atoms with E-state index in [1.165, 1.54) is 18.2 Å². The van der Waals surface area contributed by atoms with E-state index in [4.69, 9.17) is 4.74 Å². The van der Waals surface area contributed by atoms with Gasteiger partial charge in [0.1, 0.15) is 5.54 Å². The lowest BCUT2D eigenvalue weighted by Gasteiger charge is -2.30. The van der Waals surface area contributed by atoms with Crippen LogP contribution < -0.4 is 10.7 Å². The largest absolute Gasteiger partial charge is 0.452 e. The average Bonchev–Trinajstić information content (AvgIpc) is 2.90. The smallest absolute Gasteiger partial charge is 0.344 e. The summed E-state index contributed by atoms with van der Waals surface area (Å²) in [6.07, 6.45) is 4.61. The molecular formula is C19H23N3O7S. The average molecular weight is 437 g/mol. The first-order valence-corrected chi connectivity index (χ1v) is 11.4. The molecule has 1 aromatic rings. The molecule has 1 aromatic carbocycles. The molecule has 11 heteroatoms. The number of benzene rings is 1. The Labute approximate surface area is 173 Å². The van der Waals surface area contributed by atoms with Gasteiger partial charge < -0.3 is 10.1 Å². The number of hydrogen-bond acceptors (Lipinski definition) is 7. The Balaban J connectivity index is 1.62. The summed E-state index contributed by atoms with van der Waals surface area (Å²) in [7, 11) is -3.52. The summed E-state index contributed by atoms with van der Waals surface area (Å²) in [5, 5.41) is 3.27. The molecule has 1 saturated heterocycles. The zero-order valence-corrected chi connectivity index (χ0v) is 17.5. The number of amides is 4. The van der Waals surface area contributed by atoms with Crippen molar-refractivity contribution in [3.05, 3.63) is 29.3 Å². The van der Waals surface area contributed by atoms with Crippen LogP contribution in [0.15, 0.2) is 23.1 Å². The number of hydrogen-bond donors (Lipinski definition) is 2. The number of ether oxygens (including phenoxy) is 1. The number of esters is 1. The summed E-state index contributed by atoms with van der Waals surface area (Å²) in [6.45, 7) is 0.852. The molecule has 162 valence electrons. The van der Waals surface area contributed by atoms with Gasteiger partial charge in [0.2, 0.25) is 0 Å². The van der Waals surface area contributed by atoms with Crippen molar-refractivity contribution in [2.75, 3.05) is 12.9 Å². The third-order valence-corrected chi connectivity index (χ3v) is 6.41. The van der Waals surface area contributed by atoms with E-state index in [9.17, 15) is 27.6 Å². The highest BCUT2D eigenvalue weighted by Crippen LogP contribution is 2.32. The number of carbonyl (C=O) groups excluding carboxylic acids is 4. The molecule has 2 N–H and O–H groups in total. The van der Waals surface area contributed by atoms with Crippen LogP contribution >= 0.6 is 0 Å². The van der Waals surface area contributed by atoms with Crippen molar-refractivity contribution in [2.45, 2.75) is 49.5 Å². The minimum absolute atomic E-state index is 0.00174. The molecule has 30 heavy (non-hydrogen) atoms. The second-order valence-electron chi connectivity index (χ2n) is 7.57. The van der Waals surface area contributed by atoms with Crippen LogP contribution in [0, 0.1) is 6.92 Å². The molecule has 2 aliphatic rings. The number of nitrogens with one attached hydrogen (secondary N) is 2. The van der Waals surface area contributed by atoms with Gasteiger partial charge in [-0.05, 0) is 37.5 Å². The minimum atomic E-state index is -3.52. The zero-order chi connectivity index (χ0) is 22.1. The van der Waals surface area contributed by atoms with Gasteiger partial charge in [-0.1, -0.05) is 25.3 Å². The van der Waals surface area contributed by atoms with E-state index in [0.717, 1.165) is 25.5 Å². The van der Waals surface area contributed by atoms with Crippen LogP contribution in [0.2, 0.25) is 0 Å². The predicted molar refractivity (Wildman–Crippen MR) is 104 cm³/mol. The van der Waals surface area contributed by atoms with E-state index >= 15 is 0 Å². The van der Waals surface area contributed by atoms with Crippen LogP contribution in [0.1, 0.15) is 48.0 Å². The number of aryl methyl sites for hydroxylation is 1. The van der Waals surface area contributed by atoms with Crippen LogP contribution in [-0.4, -0.2) is 55.6 Å². The van der Waals surface area contributed by atoms with Crippen LogP contribution in [0.25, 0.3) is 0 Å². The Hall–Kier alpha value is -2.95. The second-order valence-corrected chi connectivity index (χ2v) is 9.59. The molecule has 0 unspecified atom stereocenters. The fourth-order valence-corrected chi connectivity index (χ4v) is 4.28. The summed E-state index contributed by atoms with van der Waals surface area (Å²) in [5.41, 5.74) is 1.66. The van der Waals surface area contributed by atoms with E-state index in [0.29, 0.717) is 23.4 Å². The summed E-state index contributed by atoms with van der Waals surface area (Å²) < 4.78 is 28.3. The molecule has 10 nitrogen and oxygen atoms in total. The maximum Gasteiger partial charge on any atom is 0.344 e. The molecule has 0 atom stereocenters. The normalized spacial score (nSPS) is 18.3. The molecule has 1 saturated carbocycles. The molecular weight excluding hydrogens is 414 g/mol. The van der Waals surface area contributed by atoms with Crippen molar-refractivity contribution >= 4 is 33.7 Å². The van der Waals surface area contributed by atoms with Gasteiger partial charge in [-0.15, -0.1) is 0 Å². The van der Waals surface area contributed by atoms with Crippen LogP contribution in [0.4, 0.5) is 4.79 Å². The Bertz CT molecular complexity index is 1010. The molecule has 1 aliphatic carbocycles. The van der Waals surface area contributed by atoms with E-state index < -0.39 is 45.8 Å². The lowest BCUT2D eigenvalue weighted by molar-refractivity contribution is -0.140. The van der Waals surface area contributed by atoms with Gasteiger partial charge in [0.05, 0.1) is 10.5 Å². The standard InChI is InChI=1S/C19H23N3O7S/c1-12-6-7-13(30(2,27)28)10-14(12)16(24)29-11-15(23)21-22-17(25)19(20-18(22)26)8-4-3-5-9-19/h6-7,10H,3-5,8-9,11H2,1-2H3,(H,20,26)(H,21,23). The highest BCUT2D eigenvalue weighted by Gasteiger charge is 2.52. The Kier molecular flexibility index (Phi) is 5.84. The maximum absolute atomic E-state index is 12.6. The molecule has 1 spiro atoms. The third kappa shape index (κ3) is 4.30. The third-order valence-electron chi connectivity index (χ3n) is 5.30. The number of sulfone groups is 1. The van der Waals surface area contributed by atoms with Gasteiger partial charge >= 0.3 is 12.0 Å². The number of hydrazine groups is 1. The van der Waals surface area contributed by atoms with Gasteiger partial charge in [-0.2, -0.15) is 5.01 Å². The van der Waals surface area contributed by atoms with E-state index in [2.05, 4.69) is 10.7 Å². The van der Waals surface area contributed by atoms with Crippen LogP contribution in [-0.2, 0) is 24.2 Å². The summed E-state index contributed by atoms with van der Waals surface area (Å²) >= 11 is 0. The number of rotatable bonds is 5. The lowest BCUT2D eigenvalue weighted by Crippen LogP contribution is -2.51. The van der Waals surface area contributed by atoms with Gasteiger partial charge in [0.15, 0.2) is 16.4 Å². The topological polar surface area (TPSA) is 139 Å². The summed E-state index contributed by atoms with van der Waals surface area (Å²) in [4.78, 5) is 49.2. The molecule has 1 heterocycles. The summed E-state index contributed by atoms with van der Waals surface area (Å²) in [6, 6.07) is 3.28. The number of imide groups is 1. The summed E-state index contributed by atoms with van der Waals surface area (Å²) in [5.74, 6) is -2.28. The SMILES string of the molecule is Cc1ccc(S(C)(=O)=O)cc1C(=O)OCC(=O)NN1C(=O)NC2(CCCCC2)C1=O. The molecule has 3 rings (SSSR count). The molecule has 4 amide bonds. The highest BCUT2D eigenvalue weighted by molar-refractivity contribution is 7.90. The van der Waals surface area contributed by atoms with Crippen LogP contribution in [0.5, 0.6) is 0 Å². The number of urea groups is 1. The van der Waals surface area contributed by atoms with Crippen molar-refractivity contribution in [1.82, 2.24) is 15.8 Å². The van der Waals surface area contributed by atoms with Crippen molar-refractivity contribution in [3.8, 4) is 0 Å². The Morgan fingerprint density at radius 3 is 2.50 bits per heavy atom. The van der Waals surface area contributed by atoms with Crippen molar-refractivity contribution in [3.63, 3.8) is 0 Å². The Morgan fingerprint density at radius 1 is 1.20 bits per heavy atom. The lowest BCUT2D eigenvalue weighted by atomic mass is 9.82. The first kappa shape index (κ1) is 21.8. The van der Waals surface area contributed by atoms with Gasteiger partial charge in [0, 0.05) is 6.26 Å². The molecule has 0 aromatic heterocycles. The Morgan fingerprint density at radius 2 is 1.87 bits per heavy atom. The first-order valence-electron chi connectivity index (χ1n) is 9.47. The zero-order valence-electron chi connectivity index (χ0n) is 16.7. The fraction of sp³-hybridized carbons (Fsp3) is 0.474. The molecule has 0 bridgehead atoms. The minimum Gasteiger partial charge on any atom is -0.452 e. The van der Waals surface area contributed by atoms with E-state index in [1.54, 1.807) is 6.92 Å². The van der Waals surface area contributed by atoms with Crippen molar-refractivity contribution in [1.29, 1.82) is 0 Å². The quantitative estimate of drug-likeness (QED) is 0.514. The van der Waals surface area contributed by atoms with E-state index in [1.807, 2.05) is 0 Å². The highest BCUT2D eigenvalue weighted by atomic mass is 32.2. The van der Waals surface area contributed by atoms with Gasteiger partial charge in [-0.3, -0.25) is 15.0 Å². The van der Waals surface area contributed by atoms with Gasteiger partial charge in [-0.25, -0.2) is 18.0 Å². The van der Waals surface area contributed by atoms with E-state index in [-0.39, 0.29) is 10.5 Å². The van der Waals surface area contributed by atoms with Gasteiger partial charge in [0.25, 0.3) is 11.8 Å². The fourth-order valence-electron chi connectivity index (χ4n) is 3.63. The molecule has 1 aliphatic heterocycles. The maximum atomic E-state index is 12.6. The second kappa shape index (κ2) is 8.05. The van der Waals surface area contributed by atoms with Crippen molar-refractivity contribution in [2.24, 2.45) is 0 Å². The number of nitrogens with zero attached hydrogens (tertiary/aromatic N) is 1. The monoisotopic (exact) mass is 437 g/mol. The molecule has 2 fully saturated rings. The first-order chi connectivity index (χ1) is 14.0. The number of carbonyl (C=O) groups is 4. The van der Waals surface area contributed by atoms with Crippen LogP contribution in [0.3, 0.4) is 0 Å². The van der Waals surface area contributed by atoms with Crippen molar-refractivity contribution < 1.29 is 32.3 Å². The molecule has 0 radical (unpaired) electrons.